The fourth-order valence-electron chi connectivity index (χ4n) is 1.90. The van der Waals surface area contributed by atoms with Gasteiger partial charge in [0.25, 0.3) is 0 Å². The number of nitrogens with two attached hydrogens (primary N) is 1. The molecule has 3 N–H and O–H groups in total. The van der Waals surface area contributed by atoms with Gasteiger partial charge in [0.05, 0.1) is 10.9 Å². The van der Waals surface area contributed by atoms with Gasteiger partial charge in [-0.2, -0.15) is 0 Å². The molecule has 0 heterocycles. The maximum Gasteiger partial charge on any atom is 0.224 e. The average molecular weight is 331 g/mol. The Labute approximate surface area is 121 Å². The summed E-state index contributed by atoms with van der Waals surface area (Å²) in [4.78, 5) is 11.9. The Morgan fingerprint density at radius 2 is 2.16 bits per heavy atom. The van der Waals surface area contributed by atoms with E-state index in [1.165, 1.54) is 6.07 Å². The van der Waals surface area contributed by atoms with Crippen molar-refractivity contribution in [3.8, 4) is 0 Å². The number of carbonyl (C=O) groups excluding carboxylic acids is 1. The van der Waals surface area contributed by atoms with Crippen molar-refractivity contribution in [1.29, 1.82) is 0 Å². The molecule has 19 heavy (non-hydrogen) atoms. The minimum Gasteiger partial charge on any atom is -0.352 e. The Hall–Kier alpha value is -0.940. The summed E-state index contributed by atoms with van der Waals surface area (Å²) < 4.78 is 13.5. The highest BCUT2D eigenvalue weighted by Crippen LogP contribution is 2.17. The third-order valence-corrected chi connectivity index (χ3v) is 3.36. The monoisotopic (exact) mass is 330 g/mol. The van der Waals surface area contributed by atoms with E-state index in [-0.39, 0.29) is 24.2 Å². The zero-order chi connectivity index (χ0) is 14.4. The molecule has 3 nitrogen and oxygen atoms in total. The maximum atomic E-state index is 13.1. The number of hydrogen-bond acceptors (Lipinski definition) is 2. The molecular weight excluding hydrogens is 311 g/mol. The molecule has 0 radical (unpaired) electrons. The first-order chi connectivity index (χ1) is 8.92. The van der Waals surface area contributed by atoms with Gasteiger partial charge in [-0.05, 0) is 46.0 Å². The second-order valence-electron chi connectivity index (χ2n) is 5.05. The summed E-state index contributed by atoms with van der Waals surface area (Å²) in [6, 6.07) is 4.58. The van der Waals surface area contributed by atoms with Gasteiger partial charge in [-0.3, -0.25) is 4.79 Å². The number of benzene rings is 1. The molecule has 1 atom stereocenters. The lowest BCUT2D eigenvalue weighted by Crippen LogP contribution is -2.41. The predicted octanol–water partition coefficient (Wildman–Crippen LogP) is 2.62. The first kappa shape index (κ1) is 16.1. The van der Waals surface area contributed by atoms with Gasteiger partial charge in [-0.15, -0.1) is 0 Å². The molecule has 0 fully saturated rings. The van der Waals surface area contributed by atoms with Gasteiger partial charge in [0.1, 0.15) is 5.82 Å². The minimum absolute atomic E-state index is 0.00334. The van der Waals surface area contributed by atoms with Crippen molar-refractivity contribution in [2.24, 2.45) is 11.7 Å². The normalized spacial score (nSPS) is 12.5. The van der Waals surface area contributed by atoms with E-state index in [2.05, 4.69) is 35.1 Å². The van der Waals surface area contributed by atoms with Crippen LogP contribution in [0.3, 0.4) is 0 Å². The van der Waals surface area contributed by atoms with Crippen molar-refractivity contribution in [3.63, 3.8) is 0 Å². The SMILES string of the molecule is CC(C)CC(CN)NC(=O)Cc1ccc(F)c(Br)c1. The highest BCUT2D eigenvalue weighted by Gasteiger charge is 2.13. The first-order valence-corrected chi connectivity index (χ1v) is 7.15. The number of carbonyl (C=O) groups is 1. The van der Waals surface area contributed by atoms with Crippen molar-refractivity contribution in [2.45, 2.75) is 32.7 Å². The highest BCUT2D eigenvalue weighted by molar-refractivity contribution is 9.10. The fraction of sp³-hybridized carbons (Fsp3) is 0.500. The van der Waals surface area contributed by atoms with Crippen LogP contribution in [0.15, 0.2) is 22.7 Å². The van der Waals surface area contributed by atoms with E-state index in [0.717, 1.165) is 12.0 Å². The van der Waals surface area contributed by atoms with Crippen LogP contribution in [0.5, 0.6) is 0 Å². The number of amides is 1. The van der Waals surface area contributed by atoms with Crippen LogP contribution in [0.4, 0.5) is 4.39 Å². The van der Waals surface area contributed by atoms with Crippen molar-refractivity contribution >= 4 is 21.8 Å². The van der Waals surface area contributed by atoms with E-state index in [1.807, 2.05) is 0 Å². The third-order valence-electron chi connectivity index (χ3n) is 2.75. The second kappa shape index (κ2) is 7.60. The summed E-state index contributed by atoms with van der Waals surface area (Å²) in [5.41, 5.74) is 6.40. The first-order valence-electron chi connectivity index (χ1n) is 6.35. The zero-order valence-corrected chi connectivity index (χ0v) is 12.8. The Bertz CT molecular complexity index is 437. The number of rotatable bonds is 6. The van der Waals surface area contributed by atoms with Crippen LogP contribution < -0.4 is 11.1 Å². The topological polar surface area (TPSA) is 55.1 Å². The Morgan fingerprint density at radius 3 is 2.68 bits per heavy atom. The molecule has 1 rings (SSSR count). The van der Waals surface area contributed by atoms with Crippen molar-refractivity contribution in [2.75, 3.05) is 6.54 Å². The van der Waals surface area contributed by atoms with Gasteiger partial charge in [0, 0.05) is 12.6 Å². The van der Waals surface area contributed by atoms with E-state index in [1.54, 1.807) is 12.1 Å². The molecule has 5 heteroatoms. The summed E-state index contributed by atoms with van der Waals surface area (Å²) >= 11 is 3.11. The molecule has 0 aliphatic carbocycles. The molecule has 0 aliphatic rings. The summed E-state index contributed by atoms with van der Waals surface area (Å²) in [6.45, 7) is 4.61. The molecule has 0 aromatic heterocycles. The Balaban J connectivity index is 2.56. The molecule has 1 aromatic rings. The van der Waals surface area contributed by atoms with Crippen LogP contribution in [0.1, 0.15) is 25.8 Å². The van der Waals surface area contributed by atoms with Gasteiger partial charge < -0.3 is 11.1 Å². The second-order valence-corrected chi connectivity index (χ2v) is 5.91. The standard InChI is InChI=1S/C14H20BrFN2O/c1-9(2)5-11(8-17)18-14(19)7-10-3-4-13(16)12(15)6-10/h3-4,6,9,11H,5,7-8,17H2,1-2H3,(H,18,19). The molecule has 1 amide bonds. The molecule has 1 aromatic carbocycles. The van der Waals surface area contributed by atoms with Gasteiger partial charge >= 0.3 is 0 Å². The van der Waals surface area contributed by atoms with E-state index < -0.39 is 0 Å². The largest absolute Gasteiger partial charge is 0.352 e. The Kier molecular flexibility index (Phi) is 6.45. The van der Waals surface area contributed by atoms with Crippen molar-refractivity contribution in [3.05, 3.63) is 34.1 Å². The molecule has 0 saturated heterocycles. The third kappa shape index (κ3) is 5.70. The van der Waals surface area contributed by atoms with E-state index in [0.29, 0.717) is 16.9 Å². The lowest BCUT2D eigenvalue weighted by Gasteiger charge is -2.18. The molecule has 0 saturated carbocycles. The van der Waals surface area contributed by atoms with Gasteiger partial charge in [0.2, 0.25) is 5.91 Å². The van der Waals surface area contributed by atoms with E-state index >= 15 is 0 Å². The Morgan fingerprint density at radius 1 is 1.47 bits per heavy atom. The highest BCUT2D eigenvalue weighted by atomic mass is 79.9. The molecular formula is C14H20BrFN2O. The van der Waals surface area contributed by atoms with E-state index in [4.69, 9.17) is 5.73 Å². The van der Waals surface area contributed by atoms with Crippen LogP contribution in [-0.4, -0.2) is 18.5 Å². The molecule has 0 spiro atoms. The van der Waals surface area contributed by atoms with Gasteiger partial charge in [-0.25, -0.2) is 4.39 Å². The lowest BCUT2D eigenvalue weighted by atomic mass is 10.0. The van der Waals surface area contributed by atoms with Crippen LogP contribution in [-0.2, 0) is 11.2 Å². The molecule has 106 valence electrons. The van der Waals surface area contributed by atoms with Crippen molar-refractivity contribution in [1.82, 2.24) is 5.32 Å². The van der Waals surface area contributed by atoms with Gasteiger partial charge in [-0.1, -0.05) is 19.9 Å². The molecule has 0 bridgehead atoms. The smallest absolute Gasteiger partial charge is 0.224 e. The summed E-state index contributed by atoms with van der Waals surface area (Å²) in [5.74, 6) is 0.0622. The quantitative estimate of drug-likeness (QED) is 0.842. The summed E-state index contributed by atoms with van der Waals surface area (Å²) in [6.07, 6.45) is 1.09. The van der Waals surface area contributed by atoms with Crippen LogP contribution in [0, 0.1) is 11.7 Å². The maximum absolute atomic E-state index is 13.1. The summed E-state index contributed by atoms with van der Waals surface area (Å²) in [7, 11) is 0. The number of halogens is 2. The molecule has 1 unspecified atom stereocenters. The summed E-state index contributed by atoms with van der Waals surface area (Å²) in [5, 5.41) is 2.91. The van der Waals surface area contributed by atoms with Crippen LogP contribution in [0.25, 0.3) is 0 Å². The lowest BCUT2D eigenvalue weighted by molar-refractivity contribution is -0.121. The minimum atomic E-state index is -0.330. The number of nitrogens with one attached hydrogen (secondary N) is 1. The fourth-order valence-corrected chi connectivity index (χ4v) is 2.32. The van der Waals surface area contributed by atoms with Crippen LogP contribution >= 0.6 is 15.9 Å². The van der Waals surface area contributed by atoms with Gasteiger partial charge in [0.15, 0.2) is 0 Å². The van der Waals surface area contributed by atoms with Crippen molar-refractivity contribution < 1.29 is 9.18 Å². The number of hydrogen-bond donors (Lipinski definition) is 2. The van der Waals surface area contributed by atoms with E-state index in [9.17, 15) is 9.18 Å². The average Bonchev–Trinajstić information content (AvgIpc) is 2.32. The predicted molar refractivity (Wildman–Crippen MR) is 78.2 cm³/mol. The zero-order valence-electron chi connectivity index (χ0n) is 11.2. The molecule has 0 aliphatic heterocycles. The van der Waals surface area contributed by atoms with Crippen LogP contribution in [0.2, 0.25) is 0 Å².